The molecule has 0 saturated carbocycles. The smallest absolute Gasteiger partial charge is 0.164 e. The van der Waals surface area contributed by atoms with Crippen molar-refractivity contribution in [2.75, 3.05) is 12.5 Å². The maximum absolute atomic E-state index is 9.50. The molecule has 0 saturated heterocycles. The minimum absolute atomic E-state index is 0.338. The second-order valence-electron chi connectivity index (χ2n) is 7.56. The number of ether oxygens (including phenoxy) is 2. The van der Waals surface area contributed by atoms with Crippen LogP contribution in [0.4, 0.5) is 5.82 Å². The molecule has 1 heterocycles. The summed E-state index contributed by atoms with van der Waals surface area (Å²) in [4.78, 5) is 4.38. The number of hydrazone groups is 1. The van der Waals surface area contributed by atoms with E-state index in [1.54, 1.807) is 13.3 Å². The number of fused-ring (bicyclic) bond motifs is 1. The lowest BCUT2D eigenvalue weighted by atomic mass is 10.1. The first-order valence-electron chi connectivity index (χ1n) is 10.6. The van der Waals surface area contributed by atoms with Gasteiger partial charge in [0.05, 0.1) is 12.8 Å². The molecule has 0 fully saturated rings. The molecular formula is C27H24N4O2. The van der Waals surface area contributed by atoms with E-state index < -0.39 is 0 Å². The Morgan fingerprint density at radius 1 is 1.00 bits per heavy atom. The highest BCUT2D eigenvalue weighted by molar-refractivity contribution is 5.85. The number of aromatic nitrogens is 1. The molecule has 4 aromatic rings. The standard InChI is InChI=1S/C27H24N4O2/c1-19-14-23(17-32-2)26(15-28)27(30-19)31-29-16-20-10-12-24(13-11-20)33-18-22-8-5-7-21-6-3-4-9-25(21)22/h3-14,16H,17-18H2,1-2H3,(H,30,31). The summed E-state index contributed by atoms with van der Waals surface area (Å²) in [5, 5.41) is 16.2. The minimum atomic E-state index is 0.338. The second kappa shape index (κ2) is 10.4. The van der Waals surface area contributed by atoms with Gasteiger partial charge in [-0.1, -0.05) is 42.5 Å². The predicted octanol–water partition coefficient (Wildman–Crippen LogP) is 5.59. The second-order valence-corrected chi connectivity index (χ2v) is 7.56. The molecular weight excluding hydrogens is 412 g/mol. The van der Waals surface area contributed by atoms with Crippen LogP contribution in [0.15, 0.2) is 77.9 Å². The third-order valence-electron chi connectivity index (χ3n) is 5.18. The van der Waals surface area contributed by atoms with Crippen LogP contribution in [0.1, 0.15) is 27.9 Å². The Morgan fingerprint density at radius 2 is 1.79 bits per heavy atom. The van der Waals surface area contributed by atoms with Gasteiger partial charge in [0.2, 0.25) is 0 Å². The Balaban J connectivity index is 1.40. The molecule has 1 aromatic heterocycles. The molecule has 3 aromatic carbocycles. The van der Waals surface area contributed by atoms with Crippen LogP contribution < -0.4 is 10.2 Å². The highest BCUT2D eigenvalue weighted by Gasteiger charge is 2.10. The fraction of sp³-hybridized carbons (Fsp3) is 0.148. The van der Waals surface area contributed by atoms with E-state index in [1.807, 2.05) is 55.5 Å². The Hall–Kier alpha value is -4.21. The predicted molar refractivity (Wildman–Crippen MR) is 130 cm³/mol. The van der Waals surface area contributed by atoms with Gasteiger partial charge in [-0.25, -0.2) is 4.98 Å². The van der Waals surface area contributed by atoms with Crippen LogP contribution in [-0.2, 0) is 18.0 Å². The number of methoxy groups -OCH3 is 1. The first kappa shape index (κ1) is 22.0. The first-order valence-corrected chi connectivity index (χ1v) is 10.6. The fourth-order valence-electron chi connectivity index (χ4n) is 3.61. The highest BCUT2D eigenvalue weighted by Crippen LogP contribution is 2.21. The van der Waals surface area contributed by atoms with Gasteiger partial charge in [0.25, 0.3) is 0 Å². The van der Waals surface area contributed by atoms with Crippen LogP contribution in [0.3, 0.4) is 0 Å². The van der Waals surface area contributed by atoms with Crippen molar-refractivity contribution in [2.24, 2.45) is 5.10 Å². The zero-order chi connectivity index (χ0) is 23.0. The van der Waals surface area contributed by atoms with Gasteiger partial charge in [0.15, 0.2) is 5.82 Å². The van der Waals surface area contributed by atoms with Crippen LogP contribution in [0.5, 0.6) is 5.75 Å². The van der Waals surface area contributed by atoms with E-state index in [2.05, 4.69) is 45.8 Å². The van der Waals surface area contributed by atoms with Crippen molar-refractivity contribution in [2.45, 2.75) is 20.1 Å². The lowest BCUT2D eigenvalue weighted by Gasteiger charge is -2.10. The van der Waals surface area contributed by atoms with Crippen LogP contribution in [0.2, 0.25) is 0 Å². The van der Waals surface area contributed by atoms with Crippen molar-refractivity contribution in [3.63, 3.8) is 0 Å². The summed E-state index contributed by atoms with van der Waals surface area (Å²) in [7, 11) is 1.59. The lowest BCUT2D eigenvalue weighted by Crippen LogP contribution is -2.03. The molecule has 0 aliphatic carbocycles. The van der Waals surface area contributed by atoms with Crippen molar-refractivity contribution in [3.8, 4) is 11.8 Å². The quantitative estimate of drug-likeness (QED) is 0.288. The van der Waals surface area contributed by atoms with E-state index in [1.165, 1.54) is 10.8 Å². The topological polar surface area (TPSA) is 79.5 Å². The number of rotatable bonds is 8. The Morgan fingerprint density at radius 3 is 2.58 bits per heavy atom. The molecule has 0 spiro atoms. The number of anilines is 1. The summed E-state index contributed by atoms with van der Waals surface area (Å²) >= 11 is 0. The third-order valence-corrected chi connectivity index (χ3v) is 5.18. The van der Waals surface area contributed by atoms with Crippen LogP contribution in [-0.4, -0.2) is 18.3 Å². The maximum Gasteiger partial charge on any atom is 0.164 e. The number of aryl methyl sites for hydroxylation is 1. The van der Waals surface area contributed by atoms with Crippen molar-refractivity contribution in [1.82, 2.24) is 4.98 Å². The van der Waals surface area contributed by atoms with E-state index in [9.17, 15) is 5.26 Å². The number of nitrogens with zero attached hydrogens (tertiary/aromatic N) is 3. The molecule has 4 rings (SSSR count). The monoisotopic (exact) mass is 436 g/mol. The molecule has 6 heteroatoms. The molecule has 0 atom stereocenters. The summed E-state index contributed by atoms with van der Waals surface area (Å²) in [5.74, 6) is 1.19. The third kappa shape index (κ3) is 5.35. The summed E-state index contributed by atoms with van der Waals surface area (Å²) in [6.07, 6.45) is 1.68. The average Bonchev–Trinajstić information content (AvgIpc) is 2.83. The first-order chi connectivity index (χ1) is 16.2. The normalized spacial score (nSPS) is 10.9. The maximum atomic E-state index is 9.50. The van der Waals surface area contributed by atoms with Crippen molar-refractivity contribution < 1.29 is 9.47 Å². The van der Waals surface area contributed by atoms with Crippen LogP contribution in [0, 0.1) is 18.3 Å². The van der Waals surface area contributed by atoms with Gasteiger partial charge in [-0.05, 0) is 59.2 Å². The molecule has 0 aliphatic rings. The zero-order valence-electron chi connectivity index (χ0n) is 18.6. The zero-order valence-corrected chi connectivity index (χ0v) is 18.6. The molecule has 1 N–H and O–H groups in total. The van der Waals surface area contributed by atoms with E-state index >= 15 is 0 Å². The number of hydrogen-bond donors (Lipinski definition) is 1. The molecule has 33 heavy (non-hydrogen) atoms. The minimum Gasteiger partial charge on any atom is -0.489 e. The van der Waals surface area contributed by atoms with Crippen LogP contribution >= 0.6 is 0 Å². The molecule has 0 bridgehead atoms. The molecule has 0 radical (unpaired) electrons. The summed E-state index contributed by atoms with van der Waals surface area (Å²) < 4.78 is 11.2. The SMILES string of the molecule is COCc1cc(C)nc(NN=Cc2ccc(OCc3cccc4ccccc34)cc2)c1C#N. The van der Waals surface area contributed by atoms with Gasteiger partial charge >= 0.3 is 0 Å². The van der Waals surface area contributed by atoms with Crippen molar-refractivity contribution >= 4 is 22.8 Å². The van der Waals surface area contributed by atoms with E-state index in [-0.39, 0.29) is 0 Å². The number of hydrogen-bond acceptors (Lipinski definition) is 6. The number of benzene rings is 3. The van der Waals surface area contributed by atoms with Gasteiger partial charge in [-0.15, -0.1) is 0 Å². The largest absolute Gasteiger partial charge is 0.489 e. The average molecular weight is 437 g/mol. The number of pyridine rings is 1. The van der Waals surface area contributed by atoms with Crippen molar-refractivity contribution in [1.29, 1.82) is 5.26 Å². The Labute approximate surface area is 193 Å². The highest BCUT2D eigenvalue weighted by atomic mass is 16.5. The Kier molecular flexibility index (Phi) is 6.93. The summed E-state index contributed by atoms with van der Waals surface area (Å²) in [6.45, 7) is 2.70. The van der Waals surface area contributed by atoms with Crippen molar-refractivity contribution in [3.05, 3.63) is 101 Å². The molecule has 164 valence electrons. The summed E-state index contributed by atoms with van der Waals surface area (Å²) in [5.41, 5.74) is 6.91. The van der Waals surface area contributed by atoms with E-state index in [0.717, 1.165) is 28.1 Å². The Bertz CT molecular complexity index is 1320. The molecule has 0 aliphatic heterocycles. The number of nitriles is 1. The molecule has 0 unspecified atom stereocenters. The molecule has 0 amide bonds. The van der Waals surface area contributed by atoms with E-state index in [4.69, 9.17) is 9.47 Å². The fourth-order valence-corrected chi connectivity index (χ4v) is 3.61. The number of nitrogens with one attached hydrogen (secondary N) is 1. The van der Waals surface area contributed by atoms with Crippen LogP contribution in [0.25, 0.3) is 10.8 Å². The van der Waals surface area contributed by atoms with Gasteiger partial charge in [-0.2, -0.15) is 10.4 Å². The van der Waals surface area contributed by atoms with Gasteiger partial charge in [-0.3, -0.25) is 5.43 Å². The lowest BCUT2D eigenvalue weighted by molar-refractivity contribution is 0.184. The van der Waals surface area contributed by atoms with Gasteiger partial charge < -0.3 is 9.47 Å². The van der Waals surface area contributed by atoms with Gasteiger partial charge in [0, 0.05) is 18.4 Å². The van der Waals surface area contributed by atoms with E-state index in [0.29, 0.717) is 24.6 Å². The van der Waals surface area contributed by atoms with Gasteiger partial charge in [0.1, 0.15) is 24.0 Å². The molecule has 6 nitrogen and oxygen atoms in total. The summed E-state index contributed by atoms with van der Waals surface area (Å²) in [6, 6.07) is 26.2.